The highest BCUT2D eigenvalue weighted by Gasteiger charge is 2.12. The molecule has 0 aromatic heterocycles. The summed E-state index contributed by atoms with van der Waals surface area (Å²) in [7, 11) is 6.16. The SMILES string of the molecule is CN=C(NCCCCN1CCN(C)CC1)N(C)Cc1ccc(C)cc1.I. The zero-order valence-electron chi connectivity index (χ0n) is 16.9. The van der Waals surface area contributed by atoms with Crippen LogP contribution in [0.15, 0.2) is 29.3 Å². The van der Waals surface area contributed by atoms with Gasteiger partial charge in [-0.15, -0.1) is 24.0 Å². The zero-order valence-corrected chi connectivity index (χ0v) is 19.2. The van der Waals surface area contributed by atoms with Gasteiger partial charge in [-0.3, -0.25) is 4.99 Å². The second kappa shape index (κ2) is 12.5. The molecule has 26 heavy (non-hydrogen) atoms. The first kappa shape index (κ1) is 23.2. The van der Waals surface area contributed by atoms with E-state index < -0.39 is 0 Å². The second-order valence-electron chi connectivity index (χ2n) is 7.17. The van der Waals surface area contributed by atoms with Crippen LogP contribution in [0.5, 0.6) is 0 Å². The van der Waals surface area contributed by atoms with Gasteiger partial charge in [-0.05, 0) is 38.9 Å². The summed E-state index contributed by atoms with van der Waals surface area (Å²) in [5.74, 6) is 0.972. The molecule has 0 aliphatic carbocycles. The summed E-state index contributed by atoms with van der Waals surface area (Å²) in [6, 6.07) is 8.71. The Morgan fingerprint density at radius 1 is 1.12 bits per heavy atom. The summed E-state index contributed by atoms with van der Waals surface area (Å²) in [5.41, 5.74) is 2.61. The quantitative estimate of drug-likeness (QED) is 0.286. The molecule has 1 N–H and O–H groups in total. The van der Waals surface area contributed by atoms with Gasteiger partial charge in [-0.2, -0.15) is 0 Å². The first-order valence-electron chi connectivity index (χ1n) is 9.46. The Balaban J connectivity index is 0.00000338. The third-order valence-electron chi connectivity index (χ3n) is 4.89. The molecule has 2 rings (SSSR count). The topological polar surface area (TPSA) is 34.1 Å². The minimum atomic E-state index is 0. The first-order chi connectivity index (χ1) is 12.1. The lowest BCUT2D eigenvalue weighted by molar-refractivity contribution is 0.152. The van der Waals surface area contributed by atoms with Crippen LogP contribution in [0.3, 0.4) is 0 Å². The molecule has 0 radical (unpaired) electrons. The predicted octanol–water partition coefficient (Wildman–Crippen LogP) is 2.65. The van der Waals surface area contributed by atoms with Crippen molar-refractivity contribution in [2.75, 3.05) is 60.4 Å². The van der Waals surface area contributed by atoms with E-state index in [1.165, 1.54) is 56.7 Å². The van der Waals surface area contributed by atoms with Crippen LogP contribution < -0.4 is 5.32 Å². The van der Waals surface area contributed by atoms with Crippen molar-refractivity contribution < 1.29 is 0 Å². The van der Waals surface area contributed by atoms with Gasteiger partial charge < -0.3 is 20.0 Å². The number of rotatable bonds is 7. The fourth-order valence-electron chi connectivity index (χ4n) is 3.16. The van der Waals surface area contributed by atoms with E-state index >= 15 is 0 Å². The molecule has 0 atom stereocenters. The van der Waals surface area contributed by atoms with Gasteiger partial charge in [0.2, 0.25) is 0 Å². The predicted molar refractivity (Wildman–Crippen MR) is 123 cm³/mol. The summed E-state index contributed by atoms with van der Waals surface area (Å²) < 4.78 is 0. The molecule has 1 heterocycles. The summed E-state index contributed by atoms with van der Waals surface area (Å²) in [6.07, 6.45) is 2.43. The van der Waals surface area contributed by atoms with E-state index in [1.807, 2.05) is 7.05 Å². The van der Waals surface area contributed by atoms with Crippen molar-refractivity contribution in [3.05, 3.63) is 35.4 Å². The lowest BCUT2D eigenvalue weighted by atomic mass is 10.1. The fourth-order valence-corrected chi connectivity index (χ4v) is 3.16. The van der Waals surface area contributed by atoms with E-state index in [1.54, 1.807) is 0 Å². The van der Waals surface area contributed by atoms with E-state index in [-0.39, 0.29) is 24.0 Å². The average molecular weight is 473 g/mol. The molecule has 0 unspecified atom stereocenters. The Bertz CT molecular complexity index is 524. The molecule has 1 aromatic carbocycles. The number of unbranched alkanes of at least 4 members (excludes halogenated alkanes) is 1. The smallest absolute Gasteiger partial charge is 0.193 e. The van der Waals surface area contributed by atoms with E-state index in [2.05, 4.69) is 70.3 Å². The summed E-state index contributed by atoms with van der Waals surface area (Å²) in [6.45, 7) is 10.0. The largest absolute Gasteiger partial charge is 0.356 e. The van der Waals surface area contributed by atoms with Gasteiger partial charge in [0.25, 0.3) is 0 Å². The highest BCUT2D eigenvalue weighted by molar-refractivity contribution is 14.0. The molecular formula is C20H36IN5. The van der Waals surface area contributed by atoms with Crippen LogP contribution in [0.2, 0.25) is 0 Å². The van der Waals surface area contributed by atoms with Crippen molar-refractivity contribution in [3.63, 3.8) is 0 Å². The average Bonchev–Trinajstić information content (AvgIpc) is 2.61. The molecule has 1 aliphatic heterocycles. The maximum atomic E-state index is 4.41. The van der Waals surface area contributed by atoms with Crippen LogP contribution in [0.4, 0.5) is 0 Å². The molecule has 1 aromatic rings. The number of halogens is 1. The number of hydrogen-bond acceptors (Lipinski definition) is 3. The van der Waals surface area contributed by atoms with Crippen LogP contribution in [-0.2, 0) is 6.54 Å². The molecule has 5 nitrogen and oxygen atoms in total. The summed E-state index contributed by atoms with van der Waals surface area (Å²) >= 11 is 0. The van der Waals surface area contributed by atoms with Gasteiger partial charge in [0, 0.05) is 53.4 Å². The number of likely N-dealkylation sites (N-methyl/N-ethyl adjacent to an activating group) is 1. The van der Waals surface area contributed by atoms with E-state index in [9.17, 15) is 0 Å². The Labute approximate surface area is 176 Å². The second-order valence-corrected chi connectivity index (χ2v) is 7.17. The minimum Gasteiger partial charge on any atom is -0.356 e. The summed E-state index contributed by atoms with van der Waals surface area (Å²) in [4.78, 5) is 11.6. The van der Waals surface area contributed by atoms with Crippen molar-refractivity contribution in [2.24, 2.45) is 4.99 Å². The minimum absolute atomic E-state index is 0. The molecule has 0 amide bonds. The fraction of sp³-hybridized carbons (Fsp3) is 0.650. The van der Waals surface area contributed by atoms with Gasteiger partial charge >= 0.3 is 0 Å². The molecule has 0 saturated carbocycles. The monoisotopic (exact) mass is 473 g/mol. The number of nitrogens with zero attached hydrogens (tertiary/aromatic N) is 4. The van der Waals surface area contributed by atoms with Gasteiger partial charge in [0.1, 0.15) is 0 Å². The number of benzene rings is 1. The number of nitrogens with one attached hydrogen (secondary N) is 1. The van der Waals surface area contributed by atoms with Crippen LogP contribution in [0, 0.1) is 6.92 Å². The molecule has 6 heteroatoms. The van der Waals surface area contributed by atoms with Crippen LogP contribution in [0.25, 0.3) is 0 Å². The van der Waals surface area contributed by atoms with Crippen molar-refractivity contribution in [1.82, 2.24) is 20.0 Å². The number of piperazine rings is 1. The van der Waals surface area contributed by atoms with Crippen molar-refractivity contribution >= 4 is 29.9 Å². The highest BCUT2D eigenvalue weighted by atomic mass is 127. The zero-order chi connectivity index (χ0) is 18.1. The van der Waals surface area contributed by atoms with Gasteiger partial charge in [0.15, 0.2) is 5.96 Å². The lowest BCUT2D eigenvalue weighted by Gasteiger charge is -2.32. The molecule has 1 fully saturated rings. The Kier molecular flexibility index (Phi) is 11.2. The first-order valence-corrected chi connectivity index (χ1v) is 9.46. The van der Waals surface area contributed by atoms with Crippen LogP contribution in [0.1, 0.15) is 24.0 Å². The lowest BCUT2D eigenvalue weighted by Crippen LogP contribution is -2.44. The van der Waals surface area contributed by atoms with Crippen molar-refractivity contribution in [3.8, 4) is 0 Å². The Morgan fingerprint density at radius 2 is 1.77 bits per heavy atom. The Morgan fingerprint density at radius 3 is 2.38 bits per heavy atom. The van der Waals surface area contributed by atoms with E-state index in [0.717, 1.165) is 19.0 Å². The van der Waals surface area contributed by atoms with Crippen LogP contribution >= 0.6 is 24.0 Å². The van der Waals surface area contributed by atoms with Crippen molar-refractivity contribution in [1.29, 1.82) is 0 Å². The van der Waals surface area contributed by atoms with E-state index in [0.29, 0.717) is 0 Å². The molecule has 1 saturated heterocycles. The maximum absolute atomic E-state index is 4.41. The van der Waals surface area contributed by atoms with Crippen LogP contribution in [-0.4, -0.2) is 81.1 Å². The van der Waals surface area contributed by atoms with Gasteiger partial charge in [-0.25, -0.2) is 0 Å². The molecule has 148 valence electrons. The molecule has 0 spiro atoms. The number of aliphatic imine (C=N–C) groups is 1. The van der Waals surface area contributed by atoms with Gasteiger partial charge in [-0.1, -0.05) is 29.8 Å². The maximum Gasteiger partial charge on any atom is 0.193 e. The molecule has 1 aliphatic rings. The third-order valence-corrected chi connectivity index (χ3v) is 4.89. The number of guanidine groups is 1. The number of hydrogen-bond donors (Lipinski definition) is 1. The molecular weight excluding hydrogens is 437 g/mol. The summed E-state index contributed by atoms with van der Waals surface area (Å²) in [5, 5.41) is 3.49. The highest BCUT2D eigenvalue weighted by Crippen LogP contribution is 2.06. The normalized spacial score (nSPS) is 16.2. The standard InChI is InChI=1S/C20H35N5.HI/c1-18-7-9-19(10-8-18)17-24(4)20(21-2)22-11-5-6-12-25-15-13-23(3)14-16-25;/h7-10H,5-6,11-17H2,1-4H3,(H,21,22);1H. The third kappa shape index (κ3) is 8.22. The van der Waals surface area contributed by atoms with E-state index in [4.69, 9.17) is 0 Å². The number of aryl methyl sites for hydroxylation is 1. The molecule has 0 bridgehead atoms. The Hall–Kier alpha value is -0.860. The van der Waals surface area contributed by atoms with Gasteiger partial charge in [0.05, 0.1) is 0 Å². The van der Waals surface area contributed by atoms with Crippen molar-refractivity contribution in [2.45, 2.75) is 26.3 Å².